The number of pyridine rings is 1. The van der Waals surface area contributed by atoms with Gasteiger partial charge in [-0.25, -0.2) is 22.9 Å². The second kappa shape index (κ2) is 10.2. The number of carbonyl (C=O) groups is 1. The highest BCUT2D eigenvalue weighted by atomic mass is 35.5. The Hall–Kier alpha value is -2.86. The minimum Gasteiger partial charge on any atom is -0.471 e. The lowest BCUT2D eigenvalue weighted by Gasteiger charge is -2.21. The van der Waals surface area contributed by atoms with E-state index in [1.165, 1.54) is 12.1 Å². The molecular weight excluding hydrogens is 453 g/mol. The van der Waals surface area contributed by atoms with Crippen molar-refractivity contribution < 1.29 is 27.8 Å². The molecule has 0 saturated carbocycles. The summed E-state index contributed by atoms with van der Waals surface area (Å²) >= 11 is 5.82. The molecular formula is C19H22ClF3N6O3. The van der Waals surface area contributed by atoms with Crippen LogP contribution in [-0.2, 0) is 6.54 Å². The average Bonchev–Trinajstić information content (AvgIpc) is 3.13. The SMILES string of the molecule is Cc1cc(CNC(=O)Nc2cc(Cl)nc(OCC(F)F)c2)nnc1N1CCC(F)(CO)C1. The predicted molar refractivity (Wildman–Crippen MR) is 111 cm³/mol. The first-order valence-corrected chi connectivity index (χ1v) is 10.1. The lowest BCUT2D eigenvalue weighted by Crippen LogP contribution is -2.33. The molecule has 0 aromatic carbocycles. The number of alkyl halides is 3. The fraction of sp³-hybridized carbons (Fsp3) is 0.474. The van der Waals surface area contributed by atoms with Crippen LogP contribution in [0.5, 0.6) is 5.88 Å². The number of nitrogens with zero attached hydrogens (tertiary/aromatic N) is 4. The van der Waals surface area contributed by atoms with Crippen molar-refractivity contribution in [3.63, 3.8) is 0 Å². The molecule has 3 N–H and O–H groups in total. The molecule has 0 bridgehead atoms. The van der Waals surface area contributed by atoms with Crippen molar-refractivity contribution in [2.75, 3.05) is 36.5 Å². The lowest BCUT2D eigenvalue weighted by molar-refractivity contribution is 0.0796. The molecule has 0 aliphatic carbocycles. The third-order valence-corrected chi connectivity index (χ3v) is 4.91. The molecule has 3 rings (SSSR count). The molecule has 174 valence electrons. The Labute approximate surface area is 186 Å². The summed E-state index contributed by atoms with van der Waals surface area (Å²) in [6.45, 7) is 0.912. The van der Waals surface area contributed by atoms with Crippen LogP contribution >= 0.6 is 11.6 Å². The Kier molecular flexibility index (Phi) is 7.56. The number of halogens is 4. The molecule has 3 heterocycles. The monoisotopic (exact) mass is 474 g/mol. The molecule has 32 heavy (non-hydrogen) atoms. The van der Waals surface area contributed by atoms with Gasteiger partial charge >= 0.3 is 6.03 Å². The van der Waals surface area contributed by atoms with Gasteiger partial charge in [0.15, 0.2) is 18.1 Å². The van der Waals surface area contributed by atoms with Crippen molar-refractivity contribution >= 4 is 29.1 Å². The number of amides is 2. The molecule has 1 aliphatic rings. The highest BCUT2D eigenvalue weighted by Crippen LogP contribution is 2.29. The van der Waals surface area contributed by atoms with Crippen LogP contribution in [-0.4, -0.2) is 64.7 Å². The van der Waals surface area contributed by atoms with Gasteiger partial charge in [-0.2, -0.15) is 5.10 Å². The number of ether oxygens (including phenoxy) is 1. The highest BCUT2D eigenvalue weighted by Gasteiger charge is 2.38. The maximum Gasteiger partial charge on any atom is 0.319 e. The summed E-state index contributed by atoms with van der Waals surface area (Å²) in [7, 11) is 0. The minimum absolute atomic E-state index is 0.0374. The van der Waals surface area contributed by atoms with Gasteiger partial charge in [-0.3, -0.25) is 0 Å². The molecule has 2 amide bonds. The van der Waals surface area contributed by atoms with Gasteiger partial charge in [-0.05, 0) is 24.6 Å². The van der Waals surface area contributed by atoms with Crippen LogP contribution in [0.1, 0.15) is 17.7 Å². The first kappa shape index (κ1) is 23.8. The molecule has 1 aliphatic heterocycles. The van der Waals surface area contributed by atoms with Gasteiger partial charge in [0.2, 0.25) is 5.88 Å². The van der Waals surface area contributed by atoms with Gasteiger partial charge in [0.05, 0.1) is 31.1 Å². The molecule has 1 saturated heterocycles. The normalized spacial score (nSPS) is 18.2. The number of rotatable bonds is 8. The number of hydrogen-bond acceptors (Lipinski definition) is 7. The van der Waals surface area contributed by atoms with E-state index in [4.69, 9.17) is 16.3 Å². The van der Waals surface area contributed by atoms with E-state index < -0.39 is 31.3 Å². The van der Waals surface area contributed by atoms with Crippen molar-refractivity contribution in [3.05, 3.63) is 34.6 Å². The number of hydrogen-bond donors (Lipinski definition) is 3. The highest BCUT2D eigenvalue weighted by molar-refractivity contribution is 6.29. The first-order chi connectivity index (χ1) is 15.2. The van der Waals surface area contributed by atoms with Crippen molar-refractivity contribution in [2.24, 2.45) is 0 Å². The molecule has 1 unspecified atom stereocenters. The largest absolute Gasteiger partial charge is 0.471 e. The number of aliphatic hydroxyl groups excluding tert-OH is 1. The predicted octanol–water partition coefficient (Wildman–Crippen LogP) is 2.71. The van der Waals surface area contributed by atoms with Crippen LogP contribution in [0.3, 0.4) is 0 Å². The van der Waals surface area contributed by atoms with Crippen molar-refractivity contribution in [1.82, 2.24) is 20.5 Å². The first-order valence-electron chi connectivity index (χ1n) is 9.69. The van der Waals surface area contributed by atoms with Crippen LogP contribution in [0.15, 0.2) is 18.2 Å². The Morgan fingerprint density at radius 2 is 2.16 bits per heavy atom. The van der Waals surface area contributed by atoms with Crippen LogP contribution in [0, 0.1) is 6.92 Å². The lowest BCUT2D eigenvalue weighted by atomic mass is 10.1. The van der Waals surface area contributed by atoms with Gasteiger partial charge in [-0.15, -0.1) is 5.10 Å². The number of carbonyl (C=O) groups excluding carboxylic acids is 1. The second-order valence-electron chi connectivity index (χ2n) is 7.35. The summed E-state index contributed by atoms with van der Waals surface area (Å²) in [6.07, 6.45) is -2.46. The number of aromatic nitrogens is 3. The van der Waals surface area contributed by atoms with Crippen LogP contribution in [0.25, 0.3) is 0 Å². The average molecular weight is 475 g/mol. The molecule has 2 aromatic rings. The number of aliphatic hydroxyl groups is 1. The molecule has 2 aromatic heterocycles. The standard InChI is InChI=1S/C19H22ClF3N6O3/c1-11-4-13(27-28-17(11)29-3-2-19(23,9-29)10-30)7-24-18(31)25-12-5-14(20)26-16(6-12)32-8-15(21)22/h4-6,15,30H,2-3,7-10H2,1H3,(H2,24,25,26,31). The van der Waals surface area contributed by atoms with Crippen LogP contribution in [0.4, 0.5) is 29.5 Å². The van der Waals surface area contributed by atoms with E-state index >= 15 is 0 Å². The number of urea groups is 1. The maximum absolute atomic E-state index is 14.3. The fourth-order valence-electron chi connectivity index (χ4n) is 3.19. The number of anilines is 2. The zero-order valence-corrected chi connectivity index (χ0v) is 17.9. The molecule has 0 spiro atoms. The van der Waals surface area contributed by atoms with Crippen LogP contribution < -0.4 is 20.3 Å². The second-order valence-corrected chi connectivity index (χ2v) is 7.74. The van der Waals surface area contributed by atoms with E-state index in [1.54, 1.807) is 17.9 Å². The molecule has 1 fully saturated rings. The summed E-state index contributed by atoms with van der Waals surface area (Å²) in [4.78, 5) is 17.6. The van der Waals surface area contributed by atoms with Gasteiger partial charge in [0, 0.05) is 19.0 Å². The van der Waals surface area contributed by atoms with E-state index in [-0.39, 0.29) is 36.2 Å². The minimum atomic E-state index is -2.67. The Balaban J connectivity index is 1.56. The van der Waals surface area contributed by atoms with Crippen LogP contribution in [0.2, 0.25) is 5.15 Å². The summed E-state index contributed by atoms with van der Waals surface area (Å²) in [6, 6.07) is 3.72. The van der Waals surface area contributed by atoms with Crippen molar-refractivity contribution in [3.8, 4) is 5.88 Å². The summed E-state index contributed by atoms with van der Waals surface area (Å²) in [5, 5.41) is 22.4. The number of nitrogens with one attached hydrogen (secondary N) is 2. The summed E-state index contributed by atoms with van der Waals surface area (Å²) < 4.78 is 43.6. The zero-order chi connectivity index (χ0) is 23.3. The quantitative estimate of drug-likeness (QED) is 0.504. The topological polar surface area (TPSA) is 112 Å². The summed E-state index contributed by atoms with van der Waals surface area (Å²) in [5.41, 5.74) is -0.215. The molecule has 13 heteroatoms. The molecule has 9 nitrogen and oxygen atoms in total. The van der Waals surface area contributed by atoms with Crippen molar-refractivity contribution in [2.45, 2.75) is 32.0 Å². The zero-order valence-electron chi connectivity index (χ0n) is 17.1. The fourth-order valence-corrected chi connectivity index (χ4v) is 3.39. The van der Waals surface area contributed by atoms with E-state index in [0.717, 1.165) is 5.56 Å². The molecule has 1 atom stereocenters. The Morgan fingerprint density at radius 1 is 1.38 bits per heavy atom. The Morgan fingerprint density at radius 3 is 2.81 bits per heavy atom. The van der Waals surface area contributed by atoms with Gasteiger partial charge < -0.3 is 25.4 Å². The third-order valence-electron chi connectivity index (χ3n) is 4.71. The van der Waals surface area contributed by atoms with Crippen molar-refractivity contribution in [1.29, 1.82) is 0 Å². The molecule has 0 radical (unpaired) electrons. The van der Waals surface area contributed by atoms with E-state index in [9.17, 15) is 23.1 Å². The number of aryl methyl sites for hydroxylation is 1. The summed E-state index contributed by atoms with van der Waals surface area (Å²) in [5.74, 6) is 0.375. The van der Waals surface area contributed by atoms with Gasteiger partial charge in [-0.1, -0.05) is 11.6 Å². The third kappa shape index (κ3) is 6.33. The Bertz CT molecular complexity index is 970. The van der Waals surface area contributed by atoms with Gasteiger partial charge in [0.1, 0.15) is 5.15 Å². The smallest absolute Gasteiger partial charge is 0.319 e. The van der Waals surface area contributed by atoms with E-state index in [2.05, 4.69) is 25.8 Å². The van der Waals surface area contributed by atoms with E-state index in [0.29, 0.717) is 18.1 Å². The van der Waals surface area contributed by atoms with Gasteiger partial charge in [0.25, 0.3) is 6.43 Å². The van der Waals surface area contributed by atoms with E-state index in [1.807, 2.05) is 0 Å². The maximum atomic E-state index is 14.3.